The van der Waals surface area contributed by atoms with Gasteiger partial charge in [-0.3, -0.25) is 0 Å². The zero-order valence-corrected chi connectivity index (χ0v) is 6.95. The van der Waals surface area contributed by atoms with Crippen molar-refractivity contribution < 1.29 is 0 Å². The Bertz CT molecular complexity index is 134. The van der Waals surface area contributed by atoms with E-state index in [4.69, 9.17) is 0 Å². The highest BCUT2D eigenvalue weighted by atomic mass is 79.9. The highest BCUT2D eigenvalue weighted by molar-refractivity contribution is 9.09. The first kappa shape index (κ1) is 7.07. The highest BCUT2D eigenvalue weighted by Crippen LogP contribution is 2.13. The Kier molecular flexibility index (Phi) is 3.05. The standard InChI is InChI=1S/C8H10Br/c9-7-3-6-8-4-1-2-5-8/h1,4H,2-3,6-7H2. The van der Waals surface area contributed by atoms with E-state index in [1.54, 1.807) is 0 Å². The Labute approximate surface area is 64.8 Å². The van der Waals surface area contributed by atoms with Gasteiger partial charge in [-0.2, -0.15) is 0 Å². The van der Waals surface area contributed by atoms with Crippen molar-refractivity contribution in [2.75, 3.05) is 5.33 Å². The van der Waals surface area contributed by atoms with Crippen LogP contribution in [-0.4, -0.2) is 5.33 Å². The van der Waals surface area contributed by atoms with E-state index in [1.807, 2.05) is 0 Å². The van der Waals surface area contributed by atoms with Crippen molar-refractivity contribution in [2.45, 2.75) is 19.3 Å². The Morgan fingerprint density at radius 2 is 2.56 bits per heavy atom. The second-order valence-corrected chi connectivity index (χ2v) is 2.89. The molecule has 0 saturated carbocycles. The van der Waals surface area contributed by atoms with Gasteiger partial charge in [0.25, 0.3) is 0 Å². The lowest BCUT2D eigenvalue weighted by atomic mass is 10.2. The molecule has 0 amide bonds. The van der Waals surface area contributed by atoms with Crippen LogP contribution in [0.1, 0.15) is 19.3 Å². The largest absolute Gasteiger partial charge is 0.0928 e. The van der Waals surface area contributed by atoms with Crippen LogP contribution in [0.3, 0.4) is 0 Å². The second-order valence-electron chi connectivity index (χ2n) is 2.10. The number of hydrogen-bond acceptors (Lipinski definition) is 0. The number of hydrogen-bond donors (Lipinski definition) is 0. The fourth-order valence-electron chi connectivity index (χ4n) is 0.879. The van der Waals surface area contributed by atoms with Crippen molar-refractivity contribution in [1.82, 2.24) is 0 Å². The van der Waals surface area contributed by atoms with Gasteiger partial charge in [0, 0.05) is 5.33 Å². The van der Waals surface area contributed by atoms with E-state index >= 15 is 0 Å². The normalized spacial score (nSPS) is 16.3. The summed E-state index contributed by atoms with van der Waals surface area (Å²) in [5, 5.41) is 1.10. The molecule has 9 heavy (non-hydrogen) atoms. The molecule has 0 aromatic heterocycles. The molecular weight excluding hydrogens is 176 g/mol. The third kappa shape index (κ3) is 2.35. The summed E-state index contributed by atoms with van der Waals surface area (Å²) < 4.78 is 0. The van der Waals surface area contributed by atoms with Crippen LogP contribution >= 0.6 is 15.9 Å². The molecule has 0 fully saturated rings. The van der Waals surface area contributed by atoms with Gasteiger partial charge in [-0.05, 0) is 30.9 Å². The molecule has 0 aromatic rings. The van der Waals surface area contributed by atoms with Crippen molar-refractivity contribution in [2.24, 2.45) is 0 Å². The van der Waals surface area contributed by atoms with E-state index in [9.17, 15) is 0 Å². The molecule has 0 spiro atoms. The van der Waals surface area contributed by atoms with Gasteiger partial charge in [0.1, 0.15) is 0 Å². The minimum absolute atomic E-state index is 1.03. The molecule has 0 N–H and O–H groups in total. The van der Waals surface area contributed by atoms with Crippen LogP contribution < -0.4 is 0 Å². The first-order valence-electron chi connectivity index (χ1n) is 3.25. The Morgan fingerprint density at radius 1 is 1.67 bits per heavy atom. The van der Waals surface area contributed by atoms with Gasteiger partial charge in [0.05, 0.1) is 0 Å². The smallest absolute Gasteiger partial charge is 0.00344 e. The van der Waals surface area contributed by atoms with Crippen LogP contribution in [0.4, 0.5) is 0 Å². The van der Waals surface area contributed by atoms with Crippen molar-refractivity contribution in [3.63, 3.8) is 0 Å². The minimum atomic E-state index is 1.03. The summed E-state index contributed by atoms with van der Waals surface area (Å²) >= 11 is 3.39. The van der Waals surface area contributed by atoms with Gasteiger partial charge in [-0.15, -0.1) is 0 Å². The zero-order valence-electron chi connectivity index (χ0n) is 5.36. The molecule has 0 saturated heterocycles. The molecule has 1 aliphatic rings. The maximum Gasteiger partial charge on any atom is 0.00344 e. The van der Waals surface area contributed by atoms with Crippen molar-refractivity contribution in [3.05, 3.63) is 23.8 Å². The highest BCUT2D eigenvalue weighted by Gasteiger charge is 1.95. The average Bonchev–Trinajstić information content (AvgIpc) is 2.34. The summed E-state index contributed by atoms with van der Waals surface area (Å²) in [6, 6.07) is 0. The molecule has 0 bridgehead atoms. The number of halogens is 1. The fraction of sp³-hybridized carbons (Fsp3) is 0.500. The summed E-state index contributed by atoms with van der Waals surface area (Å²) in [6.07, 6.45) is 11.0. The van der Waals surface area contributed by atoms with Crippen LogP contribution in [-0.2, 0) is 0 Å². The van der Waals surface area contributed by atoms with Crippen LogP contribution in [0, 0.1) is 6.08 Å². The maximum atomic E-state index is 3.39. The van der Waals surface area contributed by atoms with E-state index in [-0.39, 0.29) is 0 Å². The lowest BCUT2D eigenvalue weighted by Gasteiger charge is -1.92. The first-order chi connectivity index (χ1) is 4.43. The van der Waals surface area contributed by atoms with Crippen molar-refractivity contribution in [3.8, 4) is 0 Å². The molecule has 0 aromatic carbocycles. The van der Waals surface area contributed by atoms with Gasteiger partial charge in [0.2, 0.25) is 0 Å². The predicted molar refractivity (Wildman–Crippen MR) is 43.5 cm³/mol. The summed E-state index contributed by atoms with van der Waals surface area (Å²) in [5.74, 6) is 0. The van der Waals surface area contributed by atoms with Crippen molar-refractivity contribution in [1.29, 1.82) is 0 Å². The molecule has 1 aliphatic carbocycles. The van der Waals surface area contributed by atoms with Crippen LogP contribution in [0.5, 0.6) is 0 Å². The van der Waals surface area contributed by atoms with Gasteiger partial charge < -0.3 is 0 Å². The summed E-state index contributed by atoms with van der Waals surface area (Å²) in [4.78, 5) is 0. The monoisotopic (exact) mass is 185 g/mol. The molecule has 0 unspecified atom stereocenters. The number of alkyl halides is 1. The third-order valence-corrected chi connectivity index (χ3v) is 1.91. The molecule has 0 nitrogen and oxygen atoms in total. The van der Waals surface area contributed by atoms with Crippen LogP contribution in [0.2, 0.25) is 0 Å². The molecule has 0 aliphatic heterocycles. The Morgan fingerprint density at radius 3 is 3.11 bits per heavy atom. The van der Waals surface area contributed by atoms with Crippen LogP contribution in [0.15, 0.2) is 17.7 Å². The van der Waals surface area contributed by atoms with Gasteiger partial charge >= 0.3 is 0 Å². The number of rotatable bonds is 3. The average molecular weight is 186 g/mol. The van der Waals surface area contributed by atoms with E-state index in [2.05, 4.69) is 34.2 Å². The SMILES string of the molecule is BrCCCC1=[C]CC=C1. The molecule has 1 rings (SSSR count). The van der Waals surface area contributed by atoms with E-state index in [1.165, 1.54) is 18.4 Å². The van der Waals surface area contributed by atoms with Gasteiger partial charge in [-0.25, -0.2) is 0 Å². The Hall–Kier alpha value is -0.0400. The quantitative estimate of drug-likeness (QED) is 0.594. The fourth-order valence-corrected chi connectivity index (χ4v) is 1.16. The van der Waals surface area contributed by atoms with Gasteiger partial charge in [-0.1, -0.05) is 28.1 Å². The Balaban J connectivity index is 2.19. The van der Waals surface area contributed by atoms with Crippen LogP contribution in [0.25, 0.3) is 0 Å². The summed E-state index contributed by atoms with van der Waals surface area (Å²) in [7, 11) is 0. The molecule has 1 radical (unpaired) electrons. The van der Waals surface area contributed by atoms with E-state index in [0.717, 1.165) is 11.8 Å². The second kappa shape index (κ2) is 3.89. The van der Waals surface area contributed by atoms with Gasteiger partial charge in [0.15, 0.2) is 0 Å². The lowest BCUT2D eigenvalue weighted by Crippen LogP contribution is -1.77. The molecule has 0 atom stereocenters. The molecular formula is C8H10Br. The summed E-state index contributed by atoms with van der Waals surface area (Å²) in [5.41, 5.74) is 1.38. The number of allylic oxidation sites excluding steroid dienone is 4. The van der Waals surface area contributed by atoms with E-state index < -0.39 is 0 Å². The maximum absolute atomic E-state index is 3.39. The first-order valence-corrected chi connectivity index (χ1v) is 4.38. The summed E-state index contributed by atoms with van der Waals surface area (Å²) in [6.45, 7) is 0. The molecule has 1 heteroatoms. The predicted octanol–water partition coefficient (Wildman–Crippen LogP) is 2.85. The molecule has 49 valence electrons. The minimum Gasteiger partial charge on any atom is -0.0928 e. The zero-order chi connectivity index (χ0) is 6.53. The van der Waals surface area contributed by atoms with E-state index in [0.29, 0.717) is 0 Å². The van der Waals surface area contributed by atoms with Crippen molar-refractivity contribution >= 4 is 15.9 Å². The molecule has 0 heterocycles. The topological polar surface area (TPSA) is 0 Å². The lowest BCUT2D eigenvalue weighted by molar-refractivity contribution is 0.941. The third-order valence-electron chi connectivity index (χ3n) is 1.35.